The smallest absolute Gasteiger partial charge is 0.251 e. The molecular weight excluding hydrogens is 375 g/mol. The van der Waals surface area contributed by atoms with Gasteiger partial charge in [0.2, 0.25) is 0 Å². The number of carbonyl (C=O) groups excluding carboxylic acids is 1. The van der Waals surface area contributed by atoms with E-state index in [-0.39, 0.29) is 18.2 Å². The van der Waals surface area contributed by atoms with E-state index in [4.69, 9.17) is 4.74 Å². The molecule has 0 radical (unpaired) electrons. The van der Waals surface area contributed by atoms with Gasteiger partial charge in [0.05, 0.1) is 22.3 Å². The number of halogens is 1. The first-order valence-corrected chi connectivity index (χ1v) is 10.2. The van der Waals surface area contributed by atoms with Crippen LogP contribution in [0.25, 0.3) is 10.2 Å². The molecule has 0 unspecified atom stereocenters. The highest BCUT2D eigenvalue weighted by atomic mass is 32.1. The molecule has 0 fully saturated rings. The third-order valence-electron chi connectivity index (χ3n) is 4.39. The molecule has 0 aliphatic heterocycles. The SMILES string of the molecule is C=CCCCCCOc1cccc(CNC(=O)c2ccc3ncsc3c2)c1F. The van der Waals surface area contributed by atoms with E-state index in [1.807, 2.05) is 12.1 Å². The van der Waals surface area contributed by atoms with Crippen LogP contribution in [0.5, 0.6) is 5.75 Å². The molecule has 3 aromatic rings. The molecule has 28 heavy (non-hydrogen) atoms. The van der Waals surface area contributed by atoms with Gasteiger partial charge >= 0.3 is 0 Å². The molecule has 0 aliphatic rings. The zero-order chi connectivity index (χ0) is 19.8. The number of nitrogens with zero attached hydrogens (tertiary/aromatic N) is 1. The number of aromatic nitrogens is 1. The van der Waals surface area contributed by atoms with Gasteiger partial charge in [-0.2, -0.15) is 0 Å². The van der Waals surface area contributed by atoms with Crippen LogP contribution >= 0.6 is 11.3 Å². The minimum absolute atomic E-state index is 0.0991. The van der Waals surface area contributed by atoms with E-state index < -0.39 is 5.82 Å². The molecule has 2 aromatic carbocycles. The van der Waals surface area contributed by atoms with Crippen LogP contribution < -0.4 is 10.1 Å². The van der Waals surface area contributed by atoms with Gasteiger partial charge in [0.1, 0.15) is 0 Å². The van der Waals surface area contributed by atoms with Crippen LogP contribution in [0.2, 0.25) is 0 Å². The number of nitrogens with one attached hydrogen (secondary N) is 1. The molecule has 1 N–H and O–H groups in total. The largest absolute Gasteiger partial charge is 0.491 e. The summed E-state index contributed by atoms with van der Waals surface area (Å²) in [4.78, 5) is 16.6. The average Bonchev–Trinajstić information content (AvgIpc) is 3.18. The van der Waals surface area contributed by atoms with E-state index in [1.54, 1.807) is 35.8 Å². The fourth-order valence-corrected chi connectivity index (χ4v) is 3.54. The number of hydrogen-bond acceptors (Lipinski definition) is 4. The maximum absolute atomic E-state index is 14.6. The minimum Gasteiger partial charge on any atom is -0.491 e. The Morgan fingerprint density at radius 2 is 2.14 bits per heavy atom. The Morgan fingerprint density at radius 1 is 1.25 bits per heavy atom. The van der Waals surface area contributed by atoms with Crippen LogP contribution in [0.4, 0.5) is 4.39 Å². The standard InChI is InChI=1S/C22H23FN2O2S/c1-2-3-4-5-6-12-27-19-9-7-8-17(21(19)23)14-24-22(26)16-10-11-18-20(13-16)28-15-25-18/h2,7-11,13,15H,1,3-6,12,14H2,(H,24,26). The highest BCUT2D eigenvalue weighted by Gasteiger charge is 2.12. The second kappa shape index (κ2) is 9.99. The van der Waals surface area contributed by atoms with Crippen molar-refractivity contribution in [2.45, 2.75) is 32.2 Å². The summed E-state index contributed by atoms with van der Waals surface area (Å²) in [6.45, 7) is 4.26. The molecule has 4 nitrogen and oxygen atoms in total. The highest BCUT2D eigenvalue weighted by Crippen LogP contribution is 2.22. The highest BCUT2D eigenvalue weighted by molar-refractivity contribution is 7.16. The van der Waals surface area contributed by atoms with Crippen LogP contribution in [0.1, 0.15) is 41.6 Å². The van der Waals surface area contributed by atoms with Crippen LogP contribution in [-0.2, 0) is 6.54 Å². The monoisotopic (exact) mass is 398 g/mol. The summed E-state index contributed by atoms with van der Waals surface area (Å²) in [5, 5.41) is 2.77. The number of unbranched alkanes of at least 4 members (excludes halogenated alkanes) is 3. The number of benzene rings is 2. The summed E-state index contributed by atoms with van der Waals surface area (Å²) in [5.74, 6) is -0.448. The molecule has 0 saturated carbocycles. The van der Waals surface area contributed by atoms with Gasteiger partial charge in [0.15, 0.2) is 11.6 Å². The van der Waals surface area contributed by atoms with Crippen molar-refractivity contribution in [2.24, 2.45) is 0 Å². The first kappa shape index (κ1) is 20.0. The molecule has 0 bridgehead atoms. The van der Waals surface area contributed by atoms with E-state index >= 15 is 0 Å². The minimum atomic E-state index is -0.424. The zero-order valence-electron chi connectivity index (χ0n) is 15.6. The number of rotatable bonds is 10. The molecule has 146 valence electrons. The zero-order valence-corrected chi connectivity index (χ0v) is 16.4. The molecule has 1 amide bonds. The summed E-state index contributed by atoms with van der Waals surface area (Å²) < 4.78 is 21.1. The maximum atomic E-state index is 14.6. The number of allylic oxidation sites excluding steroid dienone is 1. The lowest BCUT2D eigenvalue weighted by Gasteiger charge is -2.11. The Balaban J connectivity index is 1.55. The Bertz CT molecular complexity index is 955. The number of amides is 1. The van der Waals surface area contributed by atoms with Crippen LogP contribution in [0, 0.1) is 5.82 Å². The predicted molar refractivity (Wildman–Crippen MR) is 111 cm³/mol. The Hall–Kier alpha value is -2.73. The number of fused-ring (bicyclic) bond motifs is 1. The molecule has 0 atom stereocenters. The third-order valence-corrected chi connectivity index (χ3v) is 5.18. The van der Waals surface area contributed by atoms with E-state index in [9.17, 15) is 9.18 Å². The van der Waals surface area contributed by atoms with Gasteiger partial charge in [-0.1, -0.05) is 18.2 Å². The number of carbonyl (C=O) groups is 1. The van der Waals surface area contributed by atoms with Crippen molar-refractivity contribution in [2.75, 3.05) is 6.61 Å². The van der Waals surface area contributed by atoms with Crippen molar-refractivity contribution in [1.29, 1.82) is 0 Å². The lowest BCUT2D eigenvalue weighted by atomic mass is 10.1. The van der Waals surface area contributed by atoms with Crippen LogP contribution in [-0.4, -0.2) is 17.5 Å². The number of ether oxygens (including phenoxy) is 1. The molecule has 1 heterocycles. The number of hydrogen-bond donors (Lipinski definition) is 1. The van der Waals surface area contributed by atoms with Crippen molar-refractivity contribution in [3.8, 4) is 5.75 Å². The van der Waals surface area contributed by atoms with Crippen molar-refractivity contribution in [1.82, 2.24) is 10.3 Å². The molecule has 0 saturated heterocycles. The van der Waals surface area contributed by atoms with Crippen molar-refractivity contribution in [3.05, 3.63) is 71.5 Å². The first-order valence-electron chi connectivity index (χ1n) is 9.31. The fourth-order valence-electron chi connectivity index (χ4n) is 2.83. The van der Waals surface area contributed by atoms with E-state index in [2.05, 4.69) is 16.9 Å². The lowest BCUT2D eigenvalue weighted by molar-refractivity contribution is 0.0950. The van der Waals surface area contributed by atoms with Gasteiger partial charge in [-0.25, -0.2) is 9.37 Å². The van der Waals surface area contributed by atoms with E-state index in [1.165, 1.54) is 11.3 Å². The normalized spacial score (nSPS) is 10.8. The molecular formula is C22H23FN2O2S. The molecule has 0 aliphatic carbocycles. The Kier molecular flexibility index (Phi) is 7.14. The van der Waals surface area contributed by atoms with Gasteiger partial charge in [0, 0.05) is 17.7 Å². The maximum Gasteiger partial charge on any atom is 0.251 e. The summed E-state index contributed by atoms with van der Waals surface area (Å²) in [6, 6.07) is 10.3. The van der Waals surface area contributed by atoms with Gasteiger partial charge < -0.3 is 10.1 Å². The molecule has 3 rings (SSSR count). The van der Waals surface area contributed by atoms with Crippen molar-refractivity contribution in [3.63, 3.8) is 0 Å². The fraction of sp³-hybridized carbons (Fsp3) is 0.273. The molecule has 0 spiro atoms. The van der Waals surface area contributed by atoms with Gasteiger partial charge in [-0.3, -0.25) is 4.79 Å². The summed E-state index contributed by atoms with van der Waals surface area (Å²) in [6.07, 6.45) is 5.84. The second-order valence-corrected chi connectivity index (χ2v) is 7.32. The molecule has 1 aromatic heterocycles. The van der Waals surface area contributed by atoms with Gasteiger partial charge in [-0.05, 0) is 49.9 Å². The topological polar surface area (TPSA) is 51.2 Å². The van der Waals surface area contributed by atoms with E-state index in [0.29, 0.717) is 17.7 Å². The molecule has 6 heteroatoms. The van der Waals surface area contributed by atoms with E-state index in [0.717, 1.165) is 35.9 Å². The first-order chi connectivity index (χ1) is 13.7. The summed E-state index contributed by atoms with van der Waals surface area (Å²) >= 11 is 1.48. The van der Waals surface area contributed by atoms with Crippen LogP contribution in [0.3, 0.4) is 0 Å². The Morgan fingerprint density at radius 3 is 3.00 bits per heavy atom. The van der Waals surface area contributed by atoms with Crippen LogP contribution in [0.15, 0.2) is 54.6 Å². The number of thiazole rings is 1. The van der Waals surface area contributed by atoms with Gasteiger partial charge in [-0.15, -0.1) is 17.9 Å². The average molecular weight is 399 g/mol. The van der Waals surface area contributed by atoms with Crippen molar-refractivity contribution < 1.29 is 13.9 Å². The quantitative estimate of drug-likeness (QED) is 0.363. The predicted octanol–water partition coefficient (Wildman–Crippen LogP) is 5.49. The van der Waals surface area contributed by atoms with Crippen molar-refractivity contribution >= 4 is 27.5 Å². The summed E-state index contributed by atoms with van der Waals surface area (Å²) in [5.41, 5.74) is 3.54. The second-order valence-electron chi connectivity index (χ2n) is 6.43. The summed E-state index contributed by atoms with van der Waals surface area (Å²) in [7, 11) is 0. The van der Waals surface area contributed by atoms with Gasteiger partial charge in [0.25, 0.3) is 5.91 Å². The Labute approximate surface area is 168 Å². The third kappa shape index (κ3) is 5.16. The lowest BCUT2D eigenvalue weighted by Crippen LogP contribution is -2.23.